The van der Waals surface area contributed by atoms with Crippen LogP contribution in [-0.4, -0.2) is 14.8 Å². The lowest BCUT2D eigenvalue weighted by molar-refractivity contribution is 0.555. The van der Waals surface area contributed by atoms with E-state index in [-0.39, 0.29) is 0 Å². The van der Waals surface area contributed by atoms with Crippen molar-refractivity contribution in [2.45, 2.75) is 26.7 Å². The van der Waals surface area contributed by atoms with Crippen LogP contribution in [0.2, 0.25) is 0 Å². The summed E-state index contributed by atoms with van der Waals surface area (Å²) in [5.74, 6) is -0.484. The van der Waals surface area contributed by atoms with Gasteiger partial charge in [-0.1, -0.05) is 13.8 Å². The van der Waals surface area contributed by atoms with Crippen molar-refractivity contribution in [3.63, 3.8) is 0 Å². The van der Waals surface area contributed by atoms with Gasteiger partial charge in [-0.05, 0) is 25.0 Å². The van der Waals surface area contributed by atoms with Gasteiger partial charge in [0, 0.05) is 11.8 Å². The Hall–Kier alpha value is -2.50. The average Bonchev–Trinajstić information content (AvgIpc) is 2.99. The smallest absolute Gasteiger partial charge is 0.408 e. The Bertz CT molecular complexity index is 825. The predicted molar refractivity (Wildman–Crippen MR) is 77.1 cm³/mol. The van der Waals surface area contributed by atoms with Gasteiger partial charge in [0.25, 0.3) is 0 Å². The van der Waals surface area contributed by atoms with Crippen molar-refractivity contribution < 1.29 is 4.42 Å². The van der Waals surface area contributed by atoms with Crippen LogP contribution >= 0.6 is 0 Å². The fraction of sp³-hybridized carbons (Fsp3) is 0.286. The Morgan fingerprint density at radius 1 is 1.30 bits per heavy atom. The van der Waals surface area contributed by atoms with Crippen molar-refractivity contribution in [3.05, 3.63) is 40.1 Å². The molecule has 20 heavy (non-hydrogen) atoms. The average molecular weight is 272 g/mol. The summed E-state index contributed by atoms with van der Waals surface area (Å²) in [6, 6.07) is 5.51. The quantitative estimate of drug-likeness (QED) is 0.714. The number of hydrogen-bond acceptors (Lipinski definition) is 4. The molecule has 3 rings (SSSR count). The molecular formula is C14H16N4O2. The molecule has 0 aliphatic carbocycles. The zero-order chi connectivity index (χ0) is 14.3. The number of nitrogens with zero attached hydrogens (tertiary/aromatic N) is 2. The SMILES string of the molecule is CCc1cc(CC)n(-c2cc3[nH]c(=O)oc3cc2N)n1. The van der Waals surface area contributed by atoms with Crippen LogP contribution in [0.15, 0.2) is 27.4 Å². The molecule has 1 aromatic carbocycles. The zero-order valence-corrected chi connectivity index (χ0v) is 11.4. The molecule has 0 fully saturated rings. The number of benzene rings is 1. The van der Waals surface area contributed by atoms with Crippen LogP contribution in [0.5, 0.6) is 0 Å². The van der Waals surface area contributed by atoms with Crippen LogP contribution in [0.1, 0.15) is 25.2 Å². The lowest BCUT2D eigenvalue weighted by Gasteiger charge is -2.08. The lowest BCUT2D eigenvalue weighted by Crippen LogP contribution is -2.05. The second-order valence-corrected chi connectivity index (χ2v) is 4.67. The molecule has 0 aliphatic heterocycles. The van der Waals surface area contributed by atoms with Crippen molar-refractivity contribution in [1.29, 1.82) is 0 Å². The molecule has 2 aromatic heterocycles. The Morgan fingerprint density at radius 2 is 2.10 bits per heavy atom. The molecule has 0 unspecified atom stereocenters. The van der Waals surface area contributed by atoms with Crippen LogP contribution in [0.25, 0.3) is 16.8 Å². The van der Waals surface area contributed by atoms with Gasteiger partial charge in [0.1, 0.15) is 0 Å². The van der Waals surface area contributed by atoms with Crippen molar-refractivity contribution in [2.75, 3.05) is 5.73 Å². The van der Waals surface area contributed by atoms with Gasteiger partial charge in [-0.25, -0.2) is 9.48 Å². The molecule has 2 heterocycles. The van der Waals surface area contributed by atoms with Crippen LogP contribution in [-0.2, 0) is 12.8 Å². The third-order valence-corrected chi connectivity index (χ3v) is 3.35. The number of H-pyrrole nitrogens is 1. The van der Waals surface area contributed by atoms with E-state index in [1.165, 1.54) is 0 Å². The third-order valence-electron chi connectivity index (χ3n) is 3.35. The van der Waals surface area contributed by atoms with Crippen molar-refractivity contribution >= 4 is 16.8 Å². The maximum absolute atomic E-state index is 11.2. The minimum absolute atomic E-state index is 0.456. The molecule has 6 nitrogen and oxygen atoms in total. The number of nitrogen functional groups attached to an aromatic ring is 1. The number of oxazole rings is 1. The molecule has 0 atom stereocenters. The van der Waals surface area contributed by atoms with Crippen molar-refractivity contribution in [1.82, 2.24) is 14.8 Å². The molecule has 3 N–H and O–H groups in total. The van der Waals surface area contributed by atoms with E-state index in [1.54, 1.807) is 12.1 Å². The van der Waals surface area contributed by atoms with E-state index in [1.807, 2.05) is 4.68 Å². The van der Waals surface area contributed by atoms with E-state index < -0.39 is 5.76 Å². The first-order valence-corrected chi connectivity index (χ1v) is 6.63. The molecule has 104 valence electrons. The number of anilines is 1. The van der Waals surface area contributed by atoms with Gasteiger partial charge in [0.2, 0.25) is 0 Å². The molecule has 0 spiro atoms. The Morgan fingerprint density at radius 3 is 2.80 bits per heavy atom. The van der Waals surface area contributed by atoms with Crippen LogP contribution in [0.4, 0.5) is 5.69 Å². The van der Waals surface area contributed by atoms with Crippen molar-refractivity contribution in [3.8, 4) is 5.69 Å². The first kappa shape index (κ1) is 12.5. The van der Waals surface area contributed by atoms with E-state index in [4.69, 9.17) is 10.2 Å². The molecule has 0 radical (unpaired) electrons. The molecule has 0 saturated carbocycles. The van der Waals surface area contributed by atoms with E-state index in [9.17, 15) is 4.79 Å². The topological polar surface area (TPSA) is 89.8 Å². The molecule has 0 amide bonds. The molecule has 3 aromatic rings. The normalized spacial score (nSPS) is 11.3. The second-order valence-electron chi connectivity index (χ2n) is 4.67. The molecule has 6 heteroatoms. The lowest BCUT2D eigenvalue weighted by atomic mass is 10.2. The van der Waals surface area contributed by atoms with Gasteiger partial charge in [0.05, 0.1) is 22.6 Å². The highest BCUT2D eigenvalue weighted by Gasteiger charge is 2.13. The van der Waals surface area contributed by atoms with Gasteiger partial charge in [-0.15, -0.1) is 0 Å². The number of nitrogens with two attached hydrogens (primary N) is 1. The Kier molecular flexibility index (Phi) is 2.85. The van der Waals surface area contributed by atoms with Crippen LogP contribution in [0, 0.1) is 0 Å². The maximum atomic E-state index is 11.2. The van der Waals surface area contributed by atoms with Gasteiger partial charge in [-0.3, -0.25) is 4.98 Å². The monoisotopic (exact) mass is 272 g/mol. The Balaban J connectivity index is 2.25. The first-order valence-electron chi connectivity index (χ1n) is 6.63. The first-order chi connectivity index (χ1) is 9.62. The van der Waals surface area contributed by atoms with E-state index in [0.29, 0.717) is 16.8 Å². The zero-order valence-electron chi connectivity index (χ0n) is 11.4. The summed E-state index contributed by atoms with van der Waals surface area (Å²) >= 11 is 0. The molecular weight excluding hydrogens is 256 g/mol. The summed E-state index contributed by atoms with van der Waals surface area (Å²) in [5.41, 5.74) is 10.5. The highest BCUT2D eigenvalue weighted by molar-refractivity contribution is 5.81. The number of aromatic amines is 1. The number of hydrogen-bond donors (Lipinski definition) is 2. The summed E-state index contributed by atoms with van der Waals surface area (Å²) in [6.45, 7) is 4.13. The largest absolute Gasteiger partial charge is 0.417 e. The van der Waals surface area contributed by atoms with E-state index in [2.05, 4.69) is 30.0 Å². The number of aryl methyl sites for hydroxylation is 2. The van der Waals surface area contributed by atoms with Gasteiger partial charge < -0.3 is 10.2 Å². The number of nitrogens with one attached hydrogen (secondary N) is 1. The van der Waals surface area contributed by atoms with Gasteiger partial charge in [0.15, 0.2) is 5.58 Å². The second kappa shape index (κ2) is 4.56. The fourth-order valence-corrected chi connectivity index (χ4v) is 2.29. The van der Waals surface area contributed by atoms with Crippen LogP contribution in [0.3, 0.4) is 0 Å². The summed E-state index contributed by atoms with van der Waals surface area (Å²) in [6.07, 6.45) is 1.72. The fourth-order valence-electron chi connectivity index (χ4n) is 2.29. The molecule has 0 aliphatic rings. The van der Waals surface area contributed by atoms with Crippen molar-refractivity contribution in [2.24, 2.45) is 0 Å². The summed E-state index contributed by atoms with van der Waals surface area (Å²) in [5, 5.41) is 4.56. The minimum Gasteiger partial charge on any atom is -0.408 e. The summed E-state index contributed by atoms with van der Waals surface area (Å²) in [4.78, 5) is 13.9. The highest BCUT2D eigenvalue weighted by atomic mass is 16.4. The maximum Gasteiger partial charge on any atom is 0.417 e. The minimum atomic E-state index is -0.484. The summed E-state index contributed by atoms with van der Waals surface area (Å²) in [7, 11) is 0. The van der Waals surface area contributed by atoms with E-state index >= 15 is 0 Å². The highest BCUT2D eigenvalue weighted by Crippen LogP contribution is 2.25. The standard InChI is InChI=1S/C14H16N4O2/c1-3-8-5-9(4-2)18(17-8)12-7-11-13(6-10(12)15)20-14(19)16-11/h5-7H,3-4,15H2,1-2H3,(H,16,19). The number of fused-ring (bicyclic) bond motifs is 1. The van der Waals surface area contributed by atoms with E-state index in [0.717, 1.165) is 29.9 Å². The molecule has 0 saturated heterocycles. The Labute approximate surface area is 115 Å². The number of rotatable bonds is 3. The summed E-state index contributed by atoms with van der Waals surface area (Å²) < 4.78 is 6.83. The van der Waals surface area contributed by atoms with Gasteiger partial charge >= 0.3 is 5.76 Å². The third kappa shape index (κ3) is 1.89. The predicted octanol–water partition coefficient (Wildman–Crippen LogP) is 2.01. The molecule has 0 bridgehead atoms. The van der Waals surface area contributed by atoms with Gasteiger partial charge in [-0.2, -0.15) is 5.10 Å². The van der Waals surface area contributed by atoms with Crippen LogP contribution < -0.4 is 11.5 Å². The number of aromatic nitrogens is 3.